The average molecular weight is 299 g/mol. The molecule has 0 bridgehead atoms. The standard InChI is InChI=1S/C18H21NO3/c1-14(12-21-2)19-18(20)17-11-7-6-8-15(17)13-22-16-9-4-3-5-10-16/h3-11,14H,12-13H2,1-2H3,(H,19,20). The van der Waals surface area contributed by atoms with Crippen molar-refractivity contribution in [3.8, 4) is 5.75 Å². The number of carbonyl (C=O) groups excluding carboxylic acids is 1. The average Bonchev–Trinajstić information content (AvgIpc) is 2.54. The number of methoxy groups -OCH3 is 1. The second-order valence-corrected chi connectivity index (χ2v) is 5.09. The number of para-hydroxylation sites is 1. The van der Waals surface area contributed by atoms with Crippen molar-refractivity contribution in [1.29, 1.82) is 0 Å². The summed E-state index contributed by atoms with van der Waals surface area (Å²) in [6.45, 7) is 2.74. The lowest BCUT2D eigenvalue weighted by Crippen LogP contribution is -2.36. The summed E-state index contributed by atoms with van der Waals surface area (Å²) in [5.41, 5.74) is 1.48. The van der Waals surface area contributed by atoms with Gasteiger partial charge in [-0.3, -0.25) is 4.79 Å². The van der Waals surface area contributed by atoms with E-state index in [1.54, 1.807) is 13.2 Å². The zero-order valence-corrected chi connectivity index (χ0v) is 12.9. The van der Waals surface area contributed by atoms with Crippen LogP contribution in [0.3, 0.4) is 0 Å². The van der Waals surface area contributed by atoms with Crippen LogP contribution in [-0.4, -0.2) is 25.7 Å². The van der Waals surface area contributed by atoms with Gasteiger partial charge in [-0.05, 0) is 25.1 Å². The first kappa shape index (κ1) is 16.0. The van der Waals surface area contributed by atoms with Crippen LogP contribution < -0.4 is 10.1 Å². The third kappa shape index (κ3) is 4.60. The summed E-state index contributed by atoms with van der Waals surface area (Å²) in [5, 5.41) is 2.92. The van der Waals surface area contributed by atoms with Gasteiger partial charge in [-0.1, -0.05) is 36.4 Å². The molecule has 22 heavy (non-hydrogen) atoms. The molecule has 0 heterocycles. The first-order chi connectivity index (χ1) is 10.7. The lowest BCUT2D eigenvalue weighted by molar-refractivity contribution is 0.0903. The smallest absolute Gasteiger partial charge is 0.251 e. The molecule has 0 spiro atoms. The van der Waals surface area contributed by atoms with Gasteiger partial charge in [-0.25, -0.2) is 0 Å². The molecule has 0 radical (unpaired) electrons. The van der Waals surface area contributed by atoms with Gasteiger partial charge in [-0.15, -0.1) is 0 Å². The highest BCUT2D eigenvalue weighted by Gasteiger charge is 2.13. The molecule has 1 unspecified atom stereocenters. The molecule has 1 N–H and O–H groups in total. The van der Waals surface area contributed by atoms with Gasteiger partial charge in [0.25, 0.3) is 5.91 Å². The number of carbonyl (C=O) groups is 1. The van der Waals surface area contributed by atoms with Crippen LogP contribution in [0.25, 0.3) is 0 Å². The fourth-order valence-corrected chi connectivity index (χ4v) is 2.14. The molecule has 4 nitrogen and oxygen atoms in total. The van der Waals surface area contributed by atoms with Gasteiger partial charge in [0.1, 0.15) is 12.4 Å². The van der Waals surface area contributed by atoms with Crippen LogP contribution in [0, 0.1) is 0 Å². The van der Waals surface area contributed by atoms with Crippen LogP contribution in [0.5, 0.6) is 5.75 Å². The third-order valence-electron chi connectivity index (χ3n) is 3.19. The molecule has 1 atom stereocenters. The fourth-order valence-electron chi connectivity index (χ4n) is 2.14. The molecule has 1 amide bonds. The minimum Gasteiger partial charge on any atom is -0.489 e. The highest BCUT2D eigenvalue weighted by Crippen LogP contribution is 2.14. The summed E-state index contributed by atoms with van der Waals surface area (Å²) in [4.78, 5) is 12.3. The van der Waals surface area contributed by atoms with Crippen molar-refractivity contribution in [2.45, 2.75) is 19.6 Å². The molecule has 0 saturated heterocycles. The lowest BCUT2D eigenvalue weighted by Gasteiger charge is -2.15. The van der Waals surface area contributed by atoms with Crippen molar-refractivity contribution in [3.63, 3.8) is 0 Å². The predicted molar refractivity (Wildman–Crippen MR) is 86.0 cm³/mol. The third-order valence-corrected chi connectivity index (χ3v) is 3.19. The van der Waals surface area contributed by atoms with Gasteiger partial charge in [0.05, 0.1) is 6.61 Å². The summed E-state index contributed by atoms with van der Waals surface area (Å²) >= 11 is 0. The molecule has 0 aliphatic heterocycles. The monoisotopic (exact) mass is 299 g/mol. The van der Waals surface area contributed by atoms with Crippen molar-refractivity contribution in [2.24, 2.45) is 0 Å². The Labute approximate surface area is 131 Å². The number of rotatable bonds is 7. The van der Waals surface area contributed by atoms with Crippen LogP contribution in [0.4, 0.5) is 0 Å². The van der Waals surface area contributed by atoms with E-state index in [1.807, 2.05) is 55.5 Å². The lowest BCUT2D eigenvalue weighted by atomic mass is 10.1. The highest BCUT2D eigenvalue weighted by molar-refractivity contribution is 5.95. The summed E-state index contributed by atoms with van der Waals surface area (Å²) in [6, 6.07) is 17.0. The van der Waals surface area contributed by atoms with E-state index < -0.39 is 0 Å². The second kappa shape index (κ2) is 8.20. The minimum absolute atomic E-state index is 0.0411. The Morgan fingerprint density at radius 2 is 1.77 bits per heavy atom. The predicted octanol–water partition coefficient (Wildman–Crippen LogP) is 3.03. The Morgan fingerprint density at radius 3 is 2.50 bits per heavy atom. The van der Waals surface area contributed by atoms with E-state index in [0.717, 1.165) is 11.3 Å². The second-order valence-electron chi connectivity index (χ2n) is 5.09. The van der Waals surface area contributed by atoms with E-state index >= 15 is 0 Å². The maximum Gasteiger partial charge on any atom is 0.251 e. The normalized spacial score (nSPS) is 11.7. The molecular weight excluding hydrogens is 278 g/mol. The fraction of sp³-hybridized carbons (Fsp3) is 0.278. The summed E-state index contributed by atoms with van der Waals surface area (Å²) in [7, 11) is 1.62. The topological polar surface area (TPSA) is 47.6 Å². The number of hydrogen-bond donors (Lipinski definition) is 1. The van der Waals surface area contributed by atoms with E-state index in [4.69, 9.17) is 9.47 Å². The molecule has 116 valence electrons. The Bertz CT molecular complexity index is 598. The Morgan fingerprint density at radius 1 is 1.09 bits per heavy atom. The SMILES string of the molecule is COCC(C)NC(=O)c1ccccc1COc1ccccc1. The Hall–Kier alpha value is -2.33. The van der Waals surface area contributed by atoms with Crippen LogP contribution >= 0.6 is 0 Å². The molecule has 2 aromatic carbocycles. The number of hydrogen-bond acceptors (Lipinski definition) is 3. The van der Waals surface area contributed by atoms with Gasteiger partial charge >= 0.3 is 0 Å². The first-order valence-corrected chi connectivity index (χ1v) is 7.26. The molecule has 2 aromatic rings. The van der Waals surface area contributed by atoms with E-state index in [2.05, 4.69) is 5.32 Å². The zero-order chi connectivity index (χ0) is 15.8. The van der Waals surface area contributed by atoms with Crippen molar-refractivity contribution in [2.75, 3.05) is 13.7 Å². The van der Waals surface area contributed by atoms with Crippen molar-refractivity contribution < 1.29 is 14.3 Å². The quantitative estimate of drug-likeness (QED) is 0.855. The number of amides is 1. The van der Waals surface area contributed by atoms with Gasteiger partial charge < -0.3 is 14.8 Å². The van der Waals surface area contributed by atoms with Crippen LogP contribution in [0.15, 0.2) is 54.6 Å². The van der Waals surface area contributed by atoms with Gasteiger partial charge in [-0.2, -0.15) is 0 Å². The minimum atomic E-state index is -0.114. The molecule has 4 heteroatoms. The van der Waals surface area contributed by atoms with E-state index in [-0.39, 0.29) is 11.9 Å². The van der Waals surface area contributed by atoms with Crippen molar-refractivity contribution >= 4 is 5.91 Å². The Kier molecular flexibility index (Phi) is 5.98. The van der Waals surface area contributed by atoms with E-state index in [0.29, 0.717) is 18.8 Å². The van der Waals surface area contributed by atoms with Gasteiger partial charge in [0.2, 0.25) is 0 Å². The van der Waals surface area contributed by atoms with Crippen molar-refractivity contribution in [3.05, 3.63) is 65.7 Å². The molecule has 0 aromatic heterocycles. The molecule has 0 aliphatic carbocycles. The van der Waals surface area contributed by atoms with E-state index in [1.165, 1.54) is 0 Å². The highest BCUT2D eigenvalue weighted by atomic mass is 16.5. The molecule has 0 aliphatic rings. The zero-order valence-electron chi connectivity index (χ0n) is 12.9. The van der Waals surface area contributed by atoms with Crippen LogP contribution in [0.2, 0.25) is 0 Å². The molecule has 0 fully saturated rings. The largest absolute Gasteiger partial charge is 0.489 e. The van der Waals surface area contributed by atoms with Crippen LogP contribution in [0.1, 0.15) is 22.8 Å². The molecule has 2 rings (SSSR count). The number of nitrogens with one attached hydrogen (secondary N) is 1. The number of ether oxygens (including phenoxy) is 2. The maximum absolute atomic E-state index is 12.3. The maximum atomic E-state index is 12.3. The summed E-state index contributed by atoms with van der Waals surface area (Å²) < 4.78 is 10.8. The first-order valence-electron chi connectivity index (χ1n) is 7.26. The number of benzene rings is 2. The Balaban J connectivity index is 2.04. The van der Waals surface area contributed by atoms with Gasteiger partial charge in [0, 0.05) is 24.3 Å². The molecule has 0 saturated carbocycles. The summed E-state index contributed by atoms with van der Waals surface area (Å²) in [6.07, 6.45) is 0. The van der Waals surface area contributed by atoms with E-state index in [9.17, 15) is 4.79 Å². The molecular formula is C18H21NO3. The van der Waals surface area contributed by atoms with Crippen LogP contribution in [-0.2, 0) is 11.3 Å². The van der Waals surface area contributed by atoms with Gasteiger partial charge in [0.15, 0.2) is 0 Å². The van der Waals surface area contributed by atoms with Crippen molar-refractivity contribution in [1.82, 2.24) is 5.32 Å². The summed E-state index contributed by atoms with van der Waals surface area (Å²) in [5.74, 6) is 0.669.